The van der Waals surface area contributed by atoms with Gasteiger partial charge in [-0.05, 0) is 36.4 Å². The predicted octanol–water partition coefficient (Wildman–Crippen LogP) is 3.08. The maximum Gasteiger partial charge on any atom is 0.0637 e. The molecule has 0 unspecified atom stereocenters. The first-order valence-electron chi connectivity index (χ1n) is 5.00. The third-order valence-corrected chi connectivity index (χ3v) is 3.01. The first-order valence-corrected chi connectivity index (χ1v) is 5.00. The molecule has 0 atom stereocenters. The molecule has 0 radical (unpaired) electrons. The van der Waals surface area contributed by atoms with E-state index in [9.17, 15) is 0 Å². The molecule has 15 heavy (non-hydrogen) atoms. The van der Waals surface area contributed by atoms with Gasteiger partial charge in [-0.2, -0.15) is 0 Å². The molecule has 0 saturated carbocycles. The Labute approximate surface area is 86.1 Å². The smallest absolute Gasteiger partial charge is 0.0637 e. The van der Waals surface area contributed by atoms with Crippen molar-refractivity contribution in [2.45, 2.75) is 0 Å². The second-order valence-corrected chi connectivity index (χ2v) is 3.85. The summed E-state index contributed by atoms with van der Waals surface area (Å²) in [5.74, 6) is 0. The van der Waals surface area contributed by atoms with Crippen molar-refractivity contribution in [2.24, 2.45) is 0 Å². The summed E-state index contributed by atoms with van der Waals surface area (Å²) in [6.45, 7) is 0. The van der Waals surface area contributed by atoms with Gasteiger partial charge >= 0.3 is 0 Å². The van der Waals surface area contributed by atoms with Crippen LogP contribution in [0.4, 0.5) is 0 Å². The molecule has 2 nitrogen and oxygen atoms in total. The van der Waals surface area contributed by atoms with Crippen LogP contribution < -0.4 is 0 Å². The Hall–Kier alpha value is -2.09. The molecule has 0 bridgehead atoms. The Morgan fingerprint density at radius 1 is 0.733 bits per heavy atom. The maximum absolute atomic E-state index is 4.24. The molecule has 0 amide bonds. The van der Waals surface area contributed by atoms with Crippen molar-refractivity contribution >= 4 is 27.3 Å². The van der Waals surface area contributed by atoms with Crippen LogP contribution in [0, 0.1) is 0 Å². The van der Waals surface area contributed by atoms with Crippen LogP contribution in [-0.2, 0) is 0 Å². The minimum Gasteiger partial charge on any atom is -0.309 e. The van der Waals surface area contributed by atoms with E-state index in [1.54, 1.807) is 0 Å². The highest BCUT2D eigenvalue weighted by atomic mass is 14.9. The van der Waals surface area contributed by atoms with E-state index >= 15 is 0 Å². The highest BCUT2D eigenvalue weighted by Crippen LogP contribution is 2.25. The lowest BCUT2D eigenvalue weighted by atomic mass is 10.2. The molecule has 4 rings (SSSR count). The maximum atomic E-state index is 4.24. The number of pyridine rings is 3. The number of hydrogen-bond donors (Lipinski definition) is 0. The van der Waals surface area contributed by atoms with Gasteiger partial charge in [-0.15, -0.1) is 0 Å². The highest BCUT2D eigenvalue weighted by Gasteiger charge is 2.06. The zero-order chi connectivity index (χ0) is 9.83. The summed E-state index contributed by atoms with van der Waals surface area (Å²) in [4.78, 5) is 4.24. The van der Waals surface area contributed by atoms with Gasteiger partial charge in [0.15, 0.2) is 0 Å². The molecule has 70 valence electrons. The summed E-state index contributed by atoms with van der Waals surface area (Å²) in [6.07, 6.45) is 3.84. The van der Waals surface area contributed by atoms with Gasteiger partial charge in [0, 0.05) is 34.2 Å². The Morgan fingerprint density at radius 2 is 1.27 bits per heavy atom. The summed E-state index contributed by atoms with van der Waals surface area (Å²) in [7, 11) is 0. The van der Waals surface area contributed by atoms with Crippen molar-refractivity contribution in [1.82, 2.24) is 9.38 Å². The van der Waals surface area contributed by atoms with E-state index in [1.165, 1.54) is 27.3 Å². The Kier molecular flexibility index (Phi) is 1.10. The number of hydrogen-bond acceptors (Lipinski definition) is 1. The van der Waals surface area contributed by atoms with E-state index in [0.717, 1.165) is 0 Å². The largest absolute Gasteiger partial charge is 0.309 e. The van der Waals surface area contributed by atoms with Gasteiger partial charge in [-0.3, -0.25) is 4.98 Å². The number of nitrogens with zero attached hydrogens (tertiary/aromatic N) is 2. The van der Waals surface area contributed by atoms with Crippen LogP contribution in [0.15, 0.2) is 48.8 Å². The van der Waals surface area contributed by atoms with Gasteiger partial charge in [0.25, 0.3) is 0 Å². The molecule has 0 N–H and O–H groups in total. The first kappa shape index (κ1) is 7.23. The molecule has 0 aliphatic carbocycles. The Morgan fingerprint density at radius 3 is 1.87 bits per heavy atom. The molecule has 0 fully saturated rings. The fourth-order valence-corrected chi connectivity index (χ4v) is 2.33. The van der Waals surface area contributed by atoms with Crippen LogP contribution in [0.2, 0.25) is 0 Å². The Bertz CT molecular complexity index is 707. The molecule has 2 heteroatoms. The molecule has 4 aromatic heterocycles. The standard InChI is InChI=1S/C13H8N2/c1-3-11-5-6-12-4-2-10-8-14-7-9(1)13(10)15(11)12/h1-8H. The van der Waals surface area contributed by atoms with Gasteiger partial charge in [0.2, 0.25) is 0 Å². The SMILES string of the molecule is c1cc2ccc3ccc4cncc1c4n23. The third kappa shape index (κ3) is 0.773. The minimum absolute atomic E-state index is 1.20. The van der Waals surface area contributed by atoms with Gasteiger partial charge in [0.1, 0.15) is 0 Å². The minimum atomic E-state index is 1.20. The van der Waals surface area contributed by atoms with E-state index in [1.807, 2.05) is 12.4 Å². The van der Waals surface area contributed by atoms with Crippen LogP contribution in [0.5, 0.6) is 0 Å². The van der Waals surface area contributed by atoms with E-state index in [-0.39, 0.29) is 0 Å². The van der Waals surface area contributed by atoms with Crippen molar-refractivity contribution in [3.8, 4) is 0 Å². The quantitative estimate of drug-likeness (QED) is 0.418. The normalized spacial score (nSPS) is 12.0. The molecule has 0 saturated heterocycles. The zero-order valence-electron chi connectivity index (χ0n) is 8.01. The fraction of sp³-hybridized carbons (Fsp3) is 0. The predicted molar refractivity (Wildman–Crippen MR) is 61.4 cm³/mol. The monoisotopic (exact) mass is 192 g/mol. The average molecular weight is 192 g/mol. The van der Waals surface area contributed by atoms with Crippen molar-refractivity contribution in [1.29, 1.82) is 0 Å². The van der Waals surface area contributed by atoms with Gasteiger partial charge in [0.05, 0.1) is 5.52 Å². The average Bonchev–Trinajstić information content (AvgIpc) is 2.71. The van der Waals surface area contributed by atoms with Crippen LogP contribution in [0.25, 0.3) is 27.3 Å². The van der Waals surface area contributed by atoms with Crippen molar-refractivity contribution in [2.75, 3.05) is 0 Å². The molecule has 0 spiro atoms. The summed E-state index contributed by atoms with van der Waals surface area (Å²) < 4.78 is 2.28. The zero-order valence-corrected chi connectivity index (χ0v) is 8.01. The first-order chi connectivity index (χ1) is 7.43. The second-order valence-electron chi connectivity index (χ2n) is 3.85. The molecule has 0 aromatic carbocycles. The second kappa shape index (κ2) is 2.28. The molecular weight excluding hydrogens is 184 g/mol. The van der Waals surface area contributed by atoms with Crippen molar-refractivity contribution in [3.63, 3.8) is 0 Å². The van der Waals surface area contributed by atoms with Crippen LogP contribution in [0.3, 0.4) is 0 Å². The van der Waals surface area contributed by atoms with E-state index < -0.39 is 0 Å². The van der Waals surface area contributed by atoms with Crippen LogP contribution in [0.1, 0.15) is 0 Å². The van der Waals surface area contributed by atoms with E-state index in [2.05, 4.69) is 45.8 Å². The van der Waals surface area contributed by atoms with Gasteiger partial charge < -0.3 is 4.40 Å². The Balaban J connectivity index is 2.54. The highest BCUT2D eigenvalue weighted by molar-refractivity contribution is 5.98. The van der Waals surface area contributed by atoms with E-state index in [0.29, 0.717) is 0 Å². The molecular formula is C13H8N2. The summed E-state index contributed by atoms with van der Waals surface area (Å²) in [5.41, 5.74) is 3.76. The molecule has 4 aromatic rings. The van der Waals surface area contributed by atoms with Gasteiger partial charge in [-0.1, -0.05) is 0 Å². The lowest BCUT2D eigenvalue weighted by Crippen LogP contribution is -1.91. The number of aromatic nitrogens is 2. The number of rotatable bonds is 0. The lowest BCUT2D eigenvalue weighted by Gasteiger charge is -2.07. The van der Waals surface area contributed by atoms with Crippen LogP contribution >= 0.6 is 0 Å². The van der Waals surface area contributed by atoms with E-state index in [4.69, 9.17) is 0 Å². The molecule has 0 aliphatic rings. The summed E-state index contributed by atoms with van der Waals surface area (Å²) in [5, 5.41) is 2.39. The topological polar surface area (TPSA) is 17.3 Å². The summed E-state index contributed by atoms with van der Waals surface area (Å²) >= 11 is 0. The van der Waals surface area contributed by atoms with Crippen molar-refractivity contribution in [3.05, 3.63) is 48.8 Å². The van der Waals surface area contributed by atoms with Gasteiger partial charge in [-0.25, -0.2) is 0 Å². The molecule has 4 heterocycles. The summed E-state index contributed by atoms with van der Waals surface area (Å²) in [6, 6.07) is 12.8. The third-order valence-electron chi connectivity index (χ3n) is 3.01. The van der Waals surface area contributed by atoms with Crippen LogP contribution in [-0.4, -0.2) is 9.38 Å². The molecule has 0 aliphatic heterocycles. The van der Waals surface area contributed by atoms with Crippen molar-refractivity contribution < 1.29 is 0 Å². The lowest BCUT2D eigenvalue weighted by molar-refractivity contribution is 1.30. The fourth-order valence-electron chi connectivity index (χ4n) is 2.33.